The number of fused-ring (bicyclic) bond motifs is 2. The van der Waals surface area contributed by atoms with Crippen molar-refractivity contribution in [2.45, 2.75) is 6.54 Å². The van der Waals surface area contributed by atoms with Gasteiger partial charge in [0.05, 0.1) is 11.1 Å². The van der Waals surface area contributed by atoms with Gasteiger partial charge in [-0.2, -0.15) is 0 Å². The van der Waals surface area contributed by atoms with E-state index in [9.17, 15) is 14.4 Å². The molecule has 3 aromatic rings. The second kappa shape index (κ2) is 5.82. The van der Waals surface area contributed by atoms with Crippen molar-refractivity contribution in [3.05, 3.63) is 58.4 Å². The lowest BCUT2D eigenvalue weighted by Crippen LogP contribution is -2.28. The molecule has 8 heteroatoms. The number of ether oxygens (including phenoxy) is 1. The Kier molecular flexibility index (Phi) is 3.50. The van der Waals surface area contributed by atoms with Gasteiger partial charge >= 0.3 is 0 Å². The van der Waals surface area contributed by atoms with Crippen LogP contribution in [0, 0.1) is 0 Å². The van der Waals surface area contributed by atoms with Crippen molar-refractivity contribution in [1.29, 1.82) is 0 Å². The minimum absolute atomic E-state index is 0.0532. The molecule has 2 aromatic carbocycles. The predicted octanol–water partition coefficient (Wildman–Crippen LogP) is 1.01. The van der Waals surface area contributed by atoms with Crippen LogP contribution in [0.15, 0.2) is 47.3 Å². The van der Waals surface area contributed by atoms with E-state index in [0.717, 1.165) is 4.68 Å². The molecule has 1 aliphatic rings. The highest BCUT2D eigenvalue weighted by Gasteiger charge is 2.18. The monoisotopic (exact) mass is 336 g/mol. The van der Waals surface area contributed by atoms with Gasteiger partial charge in [0.15, 0.2) is 12.4 Å². The minimum Gasteiger partial charge on any atom is -0.482 e. The SMILES string of the molecule is O=C1COc2ccc(C(=O)Cn3nnc4ccccc4c3=O)cc2N1. The number of nitrogens with one attached hydrogen (secondary N) is 1. The standard InChI is InChI=1S/C17H12N4O4/c22-14(10-5-6-15-13(7-10)18-16(23)9-25-15)8-21-17(24)11-3-1-2-4-12(11)19-20-21/h1-7H,8-9H2,(H,18,23). The zero-order valence-electron chi connectivity index (χ0n) is 12.9. The van der Waals surface area contributed by atoms with Crippen LogP contribution < -0.4 is 15.6 Å². The lowest BCUT2D eigenvalue weighted by atomic mass is 10.1. The highest BCUT2D eigenvalue weighted by Crippen LogP contribution is 2.28. The number of hydrogen-bond donors (Lipinski definition) is 1. The molecule has 4 rings (SSSR count). The number of hydrogen-bond acceptors (Lipinski definition) is 6. The van der Waals surface area contributed by atoms with Crippen LogP contribution in [0.25, 0.3) is 10.9 Å². The van der Waals surface area contributed by atoms with E-state index in [1.54, 1.807) is 36.4 Å². The number of ketones is 1. The first kappa shape index (κ1) is 15.0. The van der Waals surface area contributed by atoms with Crippen molar-refractivity contribution >= 4 is 28.3 Å². The smallest absolute Gasteiger partial charge is 0.278 e. The van der Waals surface area contributed by atoms with Crippen LogP contribution >= 0.6 is 0 Å². The van der Waals surface area contributed by atoms with Crippen LogP contribution in [0.3, 0.4) is 0 Å². The maximum atomic E-state index is 12.5. The third-order valence-electron chi connectivity index (χ3n) is 3.86. The normalized spacial score (nSPS) is 13.0. The fourth-order valence-corrected chi connectivity index (χ4v) is 2.61. The molecule has 1 N–H and O–H groups in total. The zero-order chi connectivity index (χ0) is 17.4. The van der Waals surface area contributed by atoms with Gasteiger partial charge < -0.3 is 10.1 Å². The Morgan fingerprint density at radius 2 is 2.04 bits per heavy atom. The van der Waals surface area contributed by atoms with Gasteiger partial charge in [0.25, 0.3) is 11.5 Å². The Balaban J connectivity index is 1.64. The molecule has 0 atom stereocenters. The van der Waals surface area contributed by atoms with Crippen LogP contribution in [0.5, 0.6) is 5.75 Å². The molecule has 8 nitrogen and oxygen atoms in total. The molecular weight excluding hydrogens is 324 g/mol. The number of Topliss-reactive ketones (excluding diaryl/α,β-unsaturated/α-hetero) is 1. The molecule has 25 heavy (non-hydrogen) atoms. The summed E-state index contributed by atoms with van der Waals surface area (Å²) in [5.74, 6) is -0.109. The predicted molar refractivity (Wildman–Crippen MR) is 88.7 cm³/mol. The Labute approximate surface area is 141 Å². The summed E-state index contributed by atoms with van der Waals surface area (Å²) in [5.41, 5.74) is 0.865. The van der Waals surface area contributed by atoms with Crippen LogP contribution in [0.1, 0.15) is 10.4 Å². The van der Waals surface area contributed by atoms with Gasteiger partial charge in [0.1, 0.15) is 17.8 Å². The number of rotatable bonds is 3. The molecule has 1 amide bonds. The highest BCUT2D eigenvalue weighted by molar-refractivity contribution is 6.00. The van der Waals surface area contributed by atoms with Crippen LogP contribution in [0.2, 0.25) is 0 Å². The van der Waals surface area contributed by atoms with E-state index in [4.69, 9.17) is 4.74 Å². The summed E-state index contributed by atoms with van der Waals surface area (Å²) in [6.45, 7) is -0.299. The average Bonchev–Trinajstić information content (AvgIpc) is 2.63. The van der Waals surface area contributed by atoms with Gasteiger partial charge in [-0.05, 0) is 30.3 Å². The third-order valence-corrected chi connectivity index (χ3v) is 3.86. The fraction of sp³-hybridized carbons (Fsp3) is 0.118. The van der Waals surface area contributed by atoms with E-state index in [1.165, 1.54) is 6.07 Å². The Bertz CT molecular complexity index is 1070. The first-order valence-corrected chi connectivity index (χ1v) is 7.54. The zero-order valence-corrected chi connectivity index (χ0v) is 12.9. The summed E-state index contributed by atoms with van der Waals surface area (Å²) in [6, 6.07) is 11.5. The Hall–Kier alpha value is -3.55. The van der Waals surface area contributed by atoms with Gasteiger partial charge in [-0.1, -0.05) is 17.3 Å². The highest BCUT2D eigenvalue weighted by atomic mass is 16.5. The van der Waals surface area contributed by atoms with Crippen molar-refractivity contribution in [3.8, 4) is 5.75 Å². The number of amides is 1. The minimum atomic E-state index is -0.381. The van der Waals surface area contributed by atoms with E-state index in [-0.39, 0.29) is 30.4 Å². The van der Waals surface area contributed by atoms with E-state index in [1.807, 2.05) is 0 Å². The van der Waals surface area contributed by atoms with Crippen molar-refractivity contribution < 1.29 is 14.3 Å². The van der Waals surface area contributed by atoms with Gasteiger partial charge in [-0.3, -0.25) is 14.4 Å². The van der Waals surface area contributed by atoms with E-state index in [2.05, 4.69) is 15.6 Å². The maximum Gasteiger partial charge on any atom is 0.278 e. The molecular formula is C17H12N4O4. The number of benzene rings is 2. The van der Waals surface area contributed by atoms with Gasteiger partial charge in [0, 0.05) is 5.56 Å². The van der Waals surface area contributed by atoms with Crippen LogP contribution in [0.4, 0.5) is 5.69 Å². The Morgan fingerprint density at radius 1 is 1.20 bits per heavy atom. The maximum absolute atomic E-state index is 12.5. The summed E-state index contributed by atoms with van der Waals surface area (Å²) in [5, 5.41) is 10.8. The molecule has 0 bridgehead atoms. The molecule has 1 aliphatic heterocycles. The quantitative estimate of drug-likeness (QED) is 0.716. The van der Waals surface area contributed by atoms with Crippen LogP contribution in [-0.2, 0) is 11.3 Å². The molecule has 0 saturated carbocycles. The molecule has 0 aliphatic carbocycles. The molecule has 0 saturated heterocycles. The lowest BCUT2D eigenvalue weighted by molar-refractivity contribution is -0.118. The third kappa shape index (κ3) is 2.74. The summed E-state index contributed by atoms with van der Waals surface area (Å²) in [7, 11) is 0. The van der Waals surface area contributed by atoms with Gasteiger partial charge in [-0.25, -0.2) is 4.68 Å². The van der Waals surface area contributed by atoms with E-state index in [0.29, 0.717) is 27.9 Å². The average molecular weight is 336 g/mol. The number of aromatic nitrogens is 3. The molecule has 0 spiro atoms. The van der Waals surface area contributed by atoms with Gasteiger partial charge in [-0.15, -0.1) is 5.10 Å². The first-order valence-electron chi connectivity index (χ1n) is 7.54. The number of nitrogens with zero attached hydrogens (tertiary/aromatic N) is 3. The molecule has 0 fully saturated rings. The Morgan fingerprint density at radius 3 is 2.92 bits per heavy atom. The lowest BCUT2D eigenvalue weighted by Gasteiger charge is -2.18. The second-order valence-corrected chi connectivity index (χ2v) is 5.54. The van der Waals surface area contributed by atoms with E-state index >= 15 is 0 Å². The van der Waals surface area contributed by atoms with Crippen LogP contribution in [-0.4, -0.2) is 33.3 Å². The first-order chi connectivity index (χ1) is 12.1. The molecule has 2 heterocycles. The number of carbonyl (C=O) groups excluding carboxylic acids is 2. The topological polar surface area (TPSA) is 103 Å². The fourth-order valence-electron chi connectivity index (χ4n) is 2.61. The van der Waals surface area contributed by atoms with Crippen molar-refractivity contribution in [2.24, 2.45) is 0 Å². The number of anilines is 1. The van der Waals surface area contributed by atoms with Crippen molar-refractivity contribution in [2.75, 3.05) is 11.9 Å². The second-order valence-electron chi connectivity index (χ2n) is 5.54. The van der Waals surface area contributed by atoms with Crippen molar-refractivity contribution in [3.63, 3.8) is 0 Å². The van der Waals surface area contributed by atoms with E-state index < -0.39 is 0 Å². The molecule has 1 aromatic heterocycles. The van der Waals surface area contributed by atoms with Gasteiger partial charge in [0.2, 0.25) is 0 Å². The molecule has 0 unspecified atom stereocenters. The summed E-state index contributed by atoms with van der Waals surface area (Å²) in [4.78, 5) is 36.3. The number of carbonyl (C=O) groups is 2. The summed E-state index contributed by atoms with van der Waals surface area (Å²) < 4.78 is 6.28. The molecule has 124 valence electrons. The largest absolute Gasteiger partial charge is 0.482 e. The van der Waals surface area contributed by atoms with Crippen molar-refractivity contribution in [1.82, 2.24) is 15.0 Å². The summed E-state index contributed by atoms with van der Waals surface area (Å²) in [6.07, 6.45) is 0. The summed E-state index contributed by atoms with van der Waals surface area (Å²) >= 11 is 0. The molecule has 0 radical (unpaired) electrons.